The SMILES string of the molecule is CCCC(C(=O)O)C(=O)Cc1ccccc1. The Morgan fingerprint density at radius 1 is 1.25 bits per heavy atom. The number of hydrogen-bond acceptors (Lipinski definition) is 2. The lowest BCUT2D eigenvalue weighted by Gasteiger charge is -2.09. The first-order valence-electron chi connectivity index (χ1n) is 5.44. The van der Waals surface area contributed by atoms with Gasteiger partial charge in [-0.2, -0.15) is 0 Å². The first kappa shape index (κ1) is 12.4. The van der Waals surface area contributed by atoms with Crippen molar-refractivity contribution in [3.63, 3.8) is 0 Å². The van der Waals surface area contributed by atoms with Crippen molar-refractivity contribution in [2.45, 2.75) is 26.2 Å². The molecule has 0 saturated heterocycles. The van der Waals surface area contributed by atoms with Crippen LogP contribution in [0.2, 0.25) is 0 Å². The maximum atomic E-state index is 11.8. The fourth-order valence-electron chi connectivity index (χ4n) is 1.63. The minimum atomic E-state index is -1.01. The van der Waals surface area contributed by atoms with Gasteiger partial charge in [-0.3, -0.25) is 9.59 Å². The third-order valence-electron chi connectivity index (χ3n) is 2.49. The van der Waals surface area contributed by atoms with E-state index in [-0.39, 0.29) is 12.2 Å². The van der Waals surface area contributed by atoms with Crippen LogP contribution in [0.25, 0.3) is 0 Å². The number of Topliss-reactive ketones (excluding diaryl/α,β-unsaturated/α-hetero) is 1. The lowest BCUT2D eigenvalue weighted by Crippen LogP contribution is -2.25. The summed E-state index contributed by atoms with van der Waals surface area (Å²) in [6.07, 6.45) is 1.33. The molecule has 1 rings (SSSR count). The van der Waals surface area contributed by atoms with E-state index in [1.54, 1.807) is 0 Å². The number of carbonyl (C=O) groups is 2. The van der Waals surface area contributed by atoms with Crippen molar-refractivity contribution in [1.29, 1.82) is 0 Å². The highest BCUT2D eigenvalue weighted by molar-refractivity contribution is 5.99. The largest absolute Gasteiger partial charge is 0.481 e. The van der Waals surface area contributed by atoms with Gasteiger partial charge in [-0.1, -0.05) is 43.7 Å². The van der Waals surface area contributed by atoms with E-state index in [9.17, 15) is 9.59 Å². The van der Waals surface area contributed by atoms with Gasteiger partial charge in [0.25, 0.3) is 0 Å². The van der Waals surface area contributed by atoms with Gasteiger partial charge in [0.05, 0.1) is 0 Å². The Kier molecular flexibility index (Phi) is 4.70. The van der Waals surface area contributed by atoms with Gasteiger partial charge < -0.3 is 5.11 Å². The third kappa shape index (κ3) is 3.50. The van der Waals surface area contributed by atoms with E-state index in [1.165, 1.54) is 0 Å². The molecule has 0 amide bonds. The standard InChI is InChI=1S/C13H16O3/c1-2-6-11(13(15)16)12(14)9-10-7-4-3-5-8-10/h3-5,7-8,11H,2,6,9H2,1H3,(H,15,16). The molecule has 0 spiro atoms. The van der Waals surface area contributed by atoms with E-state index in [2.05, 4.69) is 0 Å². The van der Waals surface area contributed by atoms with E-state index in [4.69, 9.17) is 5.11 Å². The zero-order valence-electron chi connectivity index (χ0n) is 9.35. The zero-order valence-corrected chi connectivity index (χ0v) is 9.35. The number of benzene rings is 1. The minimum Gasteiger partial charge on any atom is -0.481 e. The predicted molar refractivity (Wildman–Crippen MR) is 61.2 cm³/mol. The Morgan fingerprint density at radius 2 is 1.88 bits per heavy atom. The molecule has 16 heavy (non-hydrogen) atoms. The molecule has 3 heteroatoms. The zero-order chi connectivity index (χ0) is 12.0. The van der Waals surface area contributed by atoms with Crippen LogP contribution < -0.4 is 0 Å². The Bertz CT molecular complexity index is 357. The molecule has 0 fully saturated rings. The van der Waals surface area contributed by atoms with Gasteiger partial charge in [-0.25, -0.2) is 0 Å². The quantitative estimate of drug-likeness (QED) is 0.748. The van der Waals surface area contributed by atoms with E-state index in [1.807, 2.05) is 37.3 Å². The van der Waals surface area contributed by atoms with E-state index >= 15 is 0 Å². The summed E-state index contributed by atoms with van der Waals surface area (Å²) in [6.45, 7) is 1.88. The molecule has 0 heterocycles. The van der Waals surface area contributed by atoms with Crippen LogP contribution in [0.1, 0.15) is 25.3 Å². The van der Waals surface area contributed by atoms with Gasteiger partial charge >= 0.3 is 5.97 Å². The predicted octanol–water partition coefficient (Wildman–Crippen LogP) is 2.30. The molecule has 86 valence electrons. The second-order valence-corrected chi connectivity index (χ2v) is 3.81. The maximum absolute atomic E-state index is 11.8. The van der Waals surface area contributed by atoms with Crippen molar-refractivity contribution < 1.29 is 14.7 Å². The van der Waals surface area contributed by atoms with Gasteiger partial charge in [-0.05, 0) is 12.0 Å². The summed E-state index contributed by atoms with van der Waals surface area (Å²) in [4.78, 5) is 22.7. The van der Waals surface area contributed by atoms with E-state index < -0.39 is 11.9 Å². The van der Waals surface area contributed by atoms with Gasteiger partial charge in [-0.15, -0.1) is 0 Å². The Labute approximate surface area is 95.1 Å². The highest BCUT2D eigenvalue weighted by Crippen LogP contribution is 2.12. The van der Waals surface area contributed by atoms with Gasteiger partial charge in [0.1, 0.15) is 5.92 Å². The molecule has 0 saturated carbocycles. The number of ketones is 1. The third-order valence-corrected chi connectivity index (χ3v) is 2.49. The Morgan fingerprint density at radius 3 is 2.38 bits per heavy atom. The van der Waals surface area contributed by atoms with Crippen molar-refractivity contribution in [3.8, 4) is 0 Å². The number of rotatable bonds is 6. The lowest BCUT2D eigenvalue weighted by atomic mass is 9.94. The summed E-state index contributed by atoms with van der Waals surface area (Å²) < 4.78 is 0. The molecule has 1 atom stereocenters. The number of carboxylic acid groups (broad SMARTS) is 1. The van der Waals surface area contributed by atoms with Crippen molar-refractivity contribution in [2.24, 2.45) is 5.92 Å². The van der Waals surface area contributed by atoms with E-state index in [0.717, 1.165) is 5.56 Å². The lowest BCUT2D eigenvalue weighted by molar-refractivity contribution is -0.146. The monoisotopic (exact) mass is 220 g/mol. The highest BCUT2D eigenvalue weighted by Gasteiger charge is 2.24. The van der Waals surface area contributed by atoms with Crippen LogP contribution in [-0.2, 0) is 16.0 Å². The normalized spacial score (nSPS) is 12.1. The molecule has 1 aromatic rings. The summed E-state index contributed by atoms with van der Waals surface area (Å²) >= 11 is 0. The average molecular weight is 220 g/mol. The highest BCUT2D eigenvalue weighted by atomic mass is 16.4. The Balaban J connectivity index is 2.66. The van der Waals surface area contributed by atoms with Crippen molar-refractivity contribution in [3.05, 3.63) is 35.9 Å². The van der Waals surface area contributed by atoms with Crippen LogP contribution in [0.4, 0.5) is 0 Å². The van der Waals surface area contributed by atoms with E-state index in [0.29, 0.717) is 12.8 Å². The number of hydrogen-bond donors (Lipinski definition) is 1. The fourth-order valence-corrected chi connectivity index (χ4v) is 1.63. The van der Waals surface area contributed by atoms with Crippen LogP contribution in [0, 0.1) is 5.92 Å². The number of carbonyl (C=O) groups excluding carboxylic acids is 1. The molecule has 0 aliphatic heterocycles. The van der Waals surface area contributed by atoms with Crippen molar-refractivity contribution >= 4 is 11.8 Å². The summed E-state index contributed by atoms with van der Waals surface area (Å²) in [5.74, 6) is -2.08. The molecule has 1 aromatic carbocycles. The molecule has 0 radical (unpaired) electrons. The second-order valence-electron chi connectivity index (χ2n) is 3.81. The average Bonchev–Trinajstić information content (AvgIpc) is 2.26. The van der Waals surface area contributed by atoms with Gasteiger partial charge in [0, 0.05) is 6.42 Å². The molecule has 1 unspecified atom stereocenters. The molecular formula is C13H16O3. The second kappa shape index (κ2) is 6.05. The molecule has 0 bridgehead atoms. The van der Waals surface area contributed by atoms with Gasteiger partial charge in [0.15, 0.2) is 5.78 Å². The molecule has 0 aromatic heterocycles. The van der Waals surface area contributed by atoms with Crippen LogP contribution in [0.15, 0.2) is 30.3 Å². The van der Waals surface area contributed by atoms with Gasteiger partial charge in [0.2, 0.25) is 0 Å². The molecular weight excluding hydrogens is 204 g/mol. The Hall–Kier alpha value is -1.64. The number of carboxylic acids is 1. The molecule has 0 aliphatic rings. The van der Waals surface area contributed by atoms with Crippen LogP contribution in [0.5, 0.6) is 0 Å². The molecule has 1 N–H and O–H groups in total. The van der Waals surface area contributed by atoms with Crippen molar-refractivity contribution in [2.75, 3.05) is 0 Å². The maximum Gasteiger partial charge on any atom is 0.314 e. The fraction of sp³-hybridized carbons (Fsp3) is 0.385. The first-order valence-corrected chi connectivity index (χ1v) is 5.44. The summed E-state index contributed by atoms with van der Waals surface area (Å²) in [5.41, 5.74) is 0.870. The summed E-state index contributed by atoms with van der Waals surface area (Å²) in [5, 5.41) is 8.93. The molecule has 0 aliphatic carbocycles. The van der Waals surface area contributed by atoms with Crippen LogP contribution >= 0.6 is 0 Å². The topological polar surface area (TPSA) is 54.4 Å². The minimum absolute atomic E-state index is 0.206. The molecule has 3 nitrogen and oxygen atoms in total. The van der Waals surface area contributed by atoms with Crippen LogP contribution in [0.3, 0.4) is 0 Å². The summed E-state index contributed by atoms with van der Waals surface area (Å²) in [6, 6.07) is 9.23. The first-order chi connectivity index (χ1) is 7.65. The van der Waals surface area contributed by atoms with Crippen molar-refractivity contribution in [1.82, 2.24) is 0 Å². The number of aliphatic carboxylic acids is 1. The smallest absolute Gasteiger partial charge is 0.314 e. The summed E-state index contributed by atoms with van der Waals surface area (Å²) in [7, 11) is 0. The van der Waals surface area contributed by atoms with Crippen LogP contribution in [-0.4, -0.2) is 16.9 Å².